The van der Waals surface area contributed by atoms with Gasteiger partial charge in [0.1, 0.15) is 0 Å². The van der Waals surface area contributed by atoms with E-state index in [9.17, 15) is 4.79 Å². The Kier molecular flexibility index (Phi) is 14.9. The normalized spacial score (nSPS) is 11.0. The van der Waals surface area contributed by atoms with Gasteiger partial charge >= 0.3 is 0 Å². The molecule has 188 valence electrons. The lowest BCUT2D eigenvalue weighted by Crippen LogP contribution is -2.24. The second-order valence-corrected chi connectivity index (χ2v) is 9.71. The molecule has 0 aliphatic rings. The smallest absolute Gasteiger partial charge is 0.251 e. The second-order valence-electron chi connectivity index (χ2n) is 9.71. The highest BCUT2D eigenvalue weighted by atomic mass is 16.1. The van der Waals surface area contributed by atoms with Crippen molar-refractivity contribution in [1.82, 2.24) is 15.3 Å². The summed E-state index contributed by atoms with van der Waals surface area (Å²) in [5, 5.41) is 3.05. The standard InChI is InChI=1S/C30H47N3O/c1-3-4-5-6-7-8-9-10-11-12-13-14-15-16-17-18-21-33-30(34)27-20-23-32-29(25-27)28-24-26(2)19-22-31-28/h19-20,22-25H,3-18,21H2,1-2H3,(H,33,34). The Balaban J connectivity index is 1.44. The van der Waals surface area contributed by atoms with Crippen molar-refractivity contribution in [1.29, 1.82) is 0 Å². The number of rotatable bonds is 19. The molecule has 34 heavy (non-hydrogen) atoms. The minimum Gasteiger partial charge on any atom is -0.352 e. The molecular formula is C30H47N3O. The predicted molar refractivity (Wildman–Crippen MR) is 144 cm³/mol. The molecule has 0 aliphatic heterocycles. The van der Waals surface area contributed by atoms with Gasteiger partial charge in [0.05, 0.1) is 11.4 Å². The summed E-state index contributed by atoms with van der Waals surface area (Å²) >= 11 is 0. The molecule has 2 aromatic heterocycles. The van der Waals surface area contributed by atoms with Crippen LogP contribution in [0.25, 0.3) is 11.4 Å². The van der Waals surface area contributed by atoms with E-state index >= 15 is 0 Å². The Morgan fingerprint density at radius 3 is 1.68 bits per heavy atom. The van der Waals surface area contributed by atoms with Crippen LogP contribution >= 0.6 is 0 Å². The molecule has 0 bridgehead atoms. The summed E-state index contributed by atoms with van der Waals surface area (Å²) in [6, 6.07) is 7.53. The van der Waals surface area contributed by atoms with E-state index in [-0.39, 0.29) is 5.91 Å². The highest BCUT2D eigenvalue weighted by Crippen LogP contribution is 2.17. The molecule has 1 amide bonds. The third-order valence-corrected chi connectivity index (χ3v) is 6.52. The van der Waals surface area contributed by atoms with Crippen LogP contribution in [0.4, 0.5) is 0 Å². The summed E-state index contributed by atoms with van der Waals surface area (Å²) in [6.07, 6.45) is 25.2. The van der Waals surface area contributed by atoms with Crippen molar-refractivity contribution in [2.75, 3.05) is 6.54 Å². The molecular weight excluding hydrogens is 418 g/mol. The van der Waals surface area contributed by atoms with Crippen molar-refractivity contribution >= 4 is 5.91 Å². The van der Waals surface area contributed by atoms with E-state index in [1.165, 1.54) is 96.3 Å². The molecule has 0 unspecified atom stereocenters. The topological polar surface area (TPSA) is 54.9 Å². The van der Waals surface area contributed by atoms with Crippen molar-refractivity contribution < 1.29 is 4.79 Å². The molecule has 4 nitrogen and oxygen atoms in total. The fraction of sp³-hybridized carbons (Fsp3) is 0.633. The molecule has 2 rings (SSSR count). The average Bonchev–Trinajstić information content (AvgIpc) is 2.86. The van der Waals surface area contributed by atoms with Gasteiger partial charge in [-0.2, -0.15) is 0 Å². The lowest BCUT2D eigenvalue weighted by atomic mass is 10.0. The predicted octanol–water partition coefficient (Wildman–Crippen LogP) is 8.44. The summed E-state index contributed by atoms with van der Waals surface area (Å²) in [6.45, 7) is 5.04. The number of aryl methyl sites for hydroxylation is 1. The monoisotopic (exact) mass is 465 g/mol. The van der Waals surface area contributed by atoms with E-state index in [0.717, 1.165) is 29.9 Å². The third-order valence-electron chi connectivity index (χ3n) is 6.52. The highest BCUT2D eigenvalue weighted by Gasteiger charge is 2.08. The molecule has 4 heteroatoms. The molecule has 0 saturated carbocycles. The Morgan fingerprint density at radius 1 is 0.676 bits per heavy atom. The minimum atomic E-state index is -0.0303. The van der Waals surface area contributed by atoms with Gasteiger partial charge < -0.3 is 5.32 Å². The quantitative estimate of drug-likeness (QED) is 0.212. The molecule has 1 N–H and O–H groups in total. The van der Waals surface area contributed by atoms with Crippen LogP contribution in [0.2, 0.25) is 0 Å². The molecule has 0 fully saturated rings. The van der Waals surface area contributed by atoms with Crippen molar-refractivity contribution in [2.24, 2.45) is 0 Å². The maximum Gasteiger partial charge on any atom is 0.251 e. The first-order valence-corrected chi connectivity index (χ1v) is 13.9. The third kappa shape index (κ3) is 12.3. The van der Waals surface area contributed by atoms with Crippen LogP contribution in [-0.4, -0.2) is 22.4 Å². The first-order chi connectivity index (χ1) is 16.7. The number of pyridine rings is 2. The fourth-order valence-corrected chi connectivity index (χ4v) is 4.37. The van der Waals surface area contributed by atoms with E-state index in [4.69, 9.17) is 0 Å². The van der Waals surface area contributed by atoms with Gasteiger partial charge in [0.2, 0.25) is 0 Å². The zero-order valence-electron chi connectivity index (χ0n) is 21.8. The van der Waals surface area contributed by atoms with E-state index in [0.29, 0.717) is 5.56 Å². The second kappa shape index (κ2) is 18.1. The number of nitrogens with one attached hydrogen (secondary N) is 1. The highest BCUT2D eigenvalue weighted by molar-refractivity contribution is 5.94. The number of amides is 1. The average molecular weight is 466 g/mol. The molecule has 0 saturated heterocycles. The summed E-state index contributed by atoms with van der Waals surface area (Å²) in [7, 11) is 0. The van der Waals surface area contributed by atoms with E-state index in [2.05, 4.69) is 22.2 Å². The van der Waals surface area contributed by atoms with Gasteiger partial charge in [-0.1, -0.05) is 103 Å². The van der Waals surface area contributed by atoms with Crippen LogP contribution in [0, 0.1) is 6.92 Å². The molecule has 2 heterocycles. The van der Waals surface area contributed by atoms with Crippen molar-refractivity contribution in [3.63, 3.8) is 0 Å². The van der Waals surface area contributed by atoms with Crippen molar-refractivity contribution in [2.45, 2.75) is 117 Å². The SMILES string of the molecule is CCCCCCCCCCCCCCCCCCNC(=O)c1ccnc(-c2cc(C)ccn2)c1. The number of carbonyl (C=O) groups excluding carboxylic acids is 1. The number of carbonyl (C=O) groups is 1. The lowest BCUT2D eigenvalue weighted by Gasteiger charge is -2.07. The van der Waals surface area contributed by atoms with Crippen molar-refractivity contribution in [3.05, 3.63) is 47.8 Å². The zero-order valence-corrected chi connectivity index (χ0v) is 21.8. The Bertz CT molecular complexity index is 805. The van der Waals surface area contributed by atoms with Gasteiger partial charge in [0, 0.05) is 24.5 Å². The zero-order chi connectivity index (χ0) is 24.3. The first kappa shape index (κ1) is 28.0. The van der Waals surface area contributed by atoms with Crippen LogP contribution in [-0.2, 0) is 0 Å². The molecule has 0 radical (unpaired) electrons. The van der Waals surface area contributed by atoms with Gasteiger partial charge in [-0.25, -0.2) is 0 Å². The van der Waals surface area contributed by atoms with Gasteiger partial charge in [-0.05, 0) is 43.2 Å². The van der Waals surface area contributed by atoms with Gasteiger partial charge in [0.25, 0.3) is 5.91 Å². The number of hydrogen-bond acceptors (Lipinski definition) is 3. The Morgan fingerprint density at radius 2 is 1.15 bits per heavy atom. The molecule has 0 spiro atoms. The Hall–Kier alpha value is -2.23. The largest absolute Gasteiger partial charge is 0.352 e. The first-order valence-electron chi connectivity index (χ1n) is 13.9. The number of hydrogen-bond donors (Lipinski definition) is 1. The molecule has 0 aliphatic carbocycles. The summed E-state index contributed by atoms with van der Waals surface area (Å²) in [4.78, 5) is 21.2. The number of nitrogens with zero attached hydrogens (tertiary/aromatic N) is 2. The molecule has 0 aromatic carbocycles. The van der Waals surface area contributed by atoms with Crippen LogP contribution in [0.5, 0.6) is 0 Å². The lowest BCUT2D eigenvalue weighted by molar-refractivity contribution is 0.0953. The summed E-state index contributed by atoms with van der Waals surface area (Å²) < 4.78 is 0. The summed E-state index contributed by atoms with van der Waals surface area (Å²) in [5.41, 5.74) is 3.31. The minimum absolute atomic E-state index is 0.0303. The summed E-state index contributed by atoms with van der Waals surface area (Å²) in [5.74, 6) is -0.0303. The maximum absolute atomic E-state index is 12.5. The van der Waals surface area contributed by atoms with Gasteiger partial charge in [0.15, 0.2) is 0 Å². The van der Waals surface area contributed by atoms with E-state index in [1.54, 1.807) is 18.5 Å². The van der Waals surface area contributed by atoms with Crippen LogP contribution in [0.1, 0.15) is 126 Å². The van der Waals surface area contributed by atoms with Gasteiger partial charge in [-0.3, -0.25) is 14.8 Å². The fourth-order valence-electron chi connectivity index (χ4n) is 4.37. The number of unbranched alkanes of at least 4 members (excludes halogenated alkanes) is 15. The van der Waals surface area contributed by atoms with Crippen LogP contribution < -0.4 is 5.32 Å². The maximum atomic E-state index is 12.5. The van der Waals surface area contributed by atoms with Crippen LogP contribution in [0.3, 0.4) is 0 Å². The van der Waals surface area contributed by atoms with E-state index in [1.807, 2.05) is 25.1 Å². The number of aromatic nitrogens is 2. The van der Waals surface area contributed by atoms with Gasteiger partial charge in [-0.15, -0.1) is 0 Å². The Labute approximate surface area is 208 Å². The van der Waals surface area contributed by atoms with Crippen LogP contribution in [0.15, 0.2) is 36.7 Å². The van der Waals surface area contributed by atoms with E-state index < -0.39 is 0 Å². The van der Waals surface area contributed by atoms with Crippen molar-refractivity contribution in [3.8, 4) is 11.4 Å². The molecule has 0 atom stereocenters. The molecule has 2 aromatic rings.